The van der Waals surface area contributed by atoms with Crippen LogP contribution in [0.1, 0.15) is 258 Å². The van der Waals surface area contributed by atoms with Crippen molar-refractivity contribution in [1.82, 2.24) is 5.32 Å². The van der Waals surface area contributed by atoms with Crippen LogP contribution < -0.4 is 5.32 Å². The van der Waals surface area contributed by atoms with Crippen molar-refractivity contribution >= 4 is 5.91 Å². The number of hydrogen-bond acceptors (Lipinski definition) is 8. The fourth-order valence-corrected chi connectivity index (χ4v) is 8.76. The third kappa shape index (κ3) is 36.1. The maximum absolute atomic E-state index is 13.0. The Hall–Kier alpha value is -1.59. The lowest BCUT2D eigenvalue weighted by Gasteiger charge is -2.40. The van der Waals surface area contributed by atoms with Gasteiger partial charge in [0.2, 0.25) is 5.91 Å². The normalized spacial score (nSPS) is 20.1. The molecule has 0 aromatic heterocycles. The number of unbranched alkanes of at least 4 members (excludes halogenated alkanes) is 33. The predicted molar refractivity (Wildman–Crippen MR) is 272 cm³/mol. The van der Waals surface area contributed by atoms with E-state index in [0.717, 1.165) is 51.4 Å². The molecule has 1 fully saturated rings. The third-order valence-corrected chi connectivity index (χ3v) is 13.2. The van der Waals surface area contributed by atoms with Gasteiger partial charge in [-0.3, -0.25) is 4.79 Å². The average Bonchev–Trinajstić information content (AvgIpc) is 3.31. The number of carbonyl (C=O) groups is 1. The predicted octanol–water partition coefficient (Wildman–Crippen LogP) is 13.2. The molecule has 382 valence electrons. The quantitative estimate of drug-likeness (QED) is 0.0261. The van der Waals surface area contributed by atoms with Gasteiger partial charge in [-0.15, -0.1) is 0 Å². The van der Waals surface area contributed by atoms with Crippen LogP contribution in [0.15, 0.2) is 36.5 Å². The van der Waals surface area contributed by atoms with Gasteiger partial charge in [0.05, 0.1) is 25.4 Å². The van der Waals surface area contributed by atoms with Crippen LogP contribution in [0.4, 0.5) is 0 Å². The topological polar surface area (TPSA) is 149 Å². The van der Waals surface area contributed by atoms with Gasteiger partial charge in [-0.25, -0.2) is 0 Å². The summed E-state index contributed by atoms with van der Waals surface area (Å²) in [5.41, 5.74) is 0. The highest BCUT2D eigenvalue weighted by atomic mass is 16.7. The average molecular weight is 920 g/mol. The Morgan fingerprint density at radius 3 is 1.29 bits per heavy atom. The summed E-state index contributed by atoms with van der Waals surface area (Å²) < 4.78 is 11.2. The molecule has 1 heterocycles. The molecule has 1 saturated heterocycles. The number of nitrogens with one attached hydrogen (secondary N) is 1. The second-order valence-corrected chi connectivity index (χ2v) is 19.4. The van der Waals surface area contributed by atoms with E-state index in [9.17, 15) is 30.3 Å². The smallest absolute Gasteiger partial charge is 0.220 e. The van der Waals surface area contributed by atoms with Crippen molar-refractivity contribution in [2.24, 2.45) is 0 Å². The summed E-state index contributed by atoms with van der Waals surface area (Å²) in [4.78, 5) is 13.0. The standard InChI is InChI=1S/C56H105NO8/c1-3-5-7-9-11-13-15-17-19-21-23-24-25-26-28-29-31-33-35-37-39-41-43-45-50(59)49(48-64-56-55(63)54(62)53(61)51(47-58)65-56)57-52(60)46-44-42-40-38-36-34-32-30-27-22-20-18-16-14-12-10-8-6-4-2/h22,27,35,37,43,45,49-51,53-56,58-59,61-63H,3-21,23-26,28-34,36,38-42,44,46-48H2,1-2H3,(H,57,60)/b27-22-,37-35+,45-43+. The first-order valence-corrected chi connectivity index (χ1v) is 27.7. The molecule has 7 atom stereocenters. The van der Waals surface area contributed by atoms with E-state index in [2.05, 4.69) is 43.5 Å². The molecule has 1 rings (SSSR count). The highest BCUT2D eigenvalue weighted by Crippen LogP contribution is 2.23. The number of ether oxygens (including phenoxy) is 2. The van der Waals surface area contributed by atoms with E-state index in [1.54, 1.807) is 6.08 Å². The Balaban J connectivity index is 2.28. The second kappa shape index (κ2) is 46.2. The molecule has 1 amide bonds. The zero-order chi connectivity index (χ0) is 47.3. The number of aliphatic hydroxyl groups excluding tert-OH is 5. The number of aliphatic hydroxyl groups is 5. The molecule has 0 aromatic rings. The van der Waals surface area contributed by atoms with Crippen molar-refractivity contribution in [1.29, 1.82) is 0 Å². The van der Waals surface area contributed by atoms with Gasteiger partial charge in [-0.2, -0.15) is 0 Å². The summed E-state index contributed by atoms with van der Waals surface area (Å²) in [7, 11) is 0. The van der Waals surface area contributed by atoms with Crippen molar-refractivity contribution in [2.45, 2.75) is 301 Å². The lowest BCUT2D eigenvalue weighted by atomic mass is 9.99. The van der Waals surface area contributed by atoms with E-state index in [4.69, 9.17) is 9.47 Å². The van der Waals surface area contributed by atoms with Crippen LogP contribution >= 0.6 is 0 Å². The molecule has 0 spiro atoms. The number of rotatable bonds is 47. The molecular weight excluding hydrogens is 815 g/mol. The Morgan fingerprint density at radius 2 is 0.877 bits per heavy atom. The van der Waals surface area contributed by atoms with Gasteiger partial charge >= 0.3 is 0 Å². The zero-order valence-electron chi connectivity index (χ0n) is 42.3. The highest BCUT2D eigenvalue weighted by Gasteiger charge is 2.44. The van der Waals surface area contributed by atoms with Crippen molar-refractivity contribution < 1.29 is 39.8 Å². The lowest BCUT2D eigenvalue weighted by Crippen LogP contribution is -2.60. The third-order valence-electron chi connectivity index (χ3n) is 13.2. The largest absolute Gasteiger partial charge is 0.394 e. The summed E-state index contributed by atoms with van der Waals surface area (Å²) in [6.07, 6.45) is 52.0. The van der Waals surface area contributed by atoms with E-state index < -0.39 is 49.5 Å². The lowest BCUT2D eigenvalue weighted by molar-refractivity contribution is -0.302. The van der Waals surface area contributed by atoms with Gasteiger partial charge in [0.1, 0.15) is 24.4 Å². The Bertz CT molecular complexity index is 1110. The number of hydrogen-bond donors (Lipinski definition) is 6. The number of amides is 1. The van der Waals surface area contributed by atoms with Crippen molar-refractivity contribution in [2.75, 3.05) is 13.2 Å². The first-order chi connectivity index (χ1) is 31.8. The summed E-state index contributed by atoms with van der Waals surface area (Å²) in [5.74, 6) is -0.189. The van der Waals surface area contributed by atoms with Crippen molar-refractivity contribution in [3.63, 3.8) is 0 Å². The van der Waals surface area contributed by atoms with Gasteiger partial charge in [-0.1, -0.05) is 230 Å². The van der Waals surface area contributed by atoms with Crippen LogP contribution in [0.3, 0.4) is 0 Å². The number of carbonyl (C=O) groups excluding carboxylic acids is 1. The van der Waals surface area contributed by atoms with Crippen LogP contribution in [0.2, 0.25) is 0 Å². The Kier molecular flexibility index (Phi) is 43.6. The SMILES string of the molecule is CCCCCCCCCC/C=C\CCCCCCCCCC(=O)NC(COC1OC(CO)C(O)C(O)C1O)C(O)/C=C/CC/C=C/CCCCCCCCCCCCCCCCCCC. The van der Waals surface area contributed by atoms with E-state index in [0.29, 0.717) is 6.42 Å². The Labute approximate surface area is 400 Å². The van der Waals surface area contributed by atoms with Crippen molar-refractivity contribution in [3.8, 4) is 0 Å². The fraction of sp³-hybridized carbons (Fsp3) is 0.875. The molecule has 0 bridgehead atoms. The van der Waals surface area contributed by atoms with Gasteiger partial charge in [0.15, 0.2) is 6.29 Å². The monoisotopic (exact) mass is 920 g/mol. The molecule has 65 heavy (non-hydrogen) atoms. The molecule has 1 aliphatic heterocycles. The minimum absolute atomic E-state index is 0.189. The number of allylic oxidation sites excluding steroid dienone is 5. The molecule has 9 heteroatoms. The van der Waals surface area contributed by atoms with E-state index in [-0.39, 0.29) is 12.5 Å². The van der Waals surface area contributed by atoms with Crippen LogP contribution in [0, 0.1) is 0 Å². The summed E-state index contributed by atoms with van der Waals surface area (Å²) >= 11 is 0. The molecule has 9 nitrogen and oxygen atoms in total. The molecule has 0 aliphatic carbocycles. The minimum Gasteiger partial charge on any atom is -0.394 e. The van der Waals surface area contributed by atoms with Gasteiger partial charge in [0.25, 0.3) is 0 Å². The first-order valence-electron chi connectivity index (χ1n) is 27.7. The molecule has 1 aliphatic rings. The van der Waals surface area contributed by atoms with Crippen molar-refractivity contribution in [3.05, 3.63) is 36.5 Å². The van der Waals surface area contributed by atoms with Crippen LogP contribution in [0.25, 0.3) is 0 Å². The molecule has 0 saturated carbocycles. The first kappa shape index (κ1) is 61.4. The van der Waals surface area contributed by atoms with Gasteiger partial charge in [0, 0.05) is 6.42 Å². The summed E-state index contributed by atoms with van der Waals surface area (Å²) in [5, 5.41) is 54.4. The molecular formula is C56H105NO8. The summed E-state index contributed by atoms with van der Waals surface area (Å²) in [6, 6.07) is -0.823. The van der Waals surface area contributed by atoms with E-state index in [1.807, 2.05) is 6.08 Å². The molecule has 0 aromatic carbocycles. The van der Waals surface area contributed by atoms with Crippen LogP contribution in [0.5, 0.6) is 0 Å². The summed E-state index contributed by atoms with van der Waals surface area (Å²) in [6.45, 7) is 3.78. The van der Waals surface area contributed by atoms with Crippen LogP contribution in [-0.2, 0) is 14.3 Å². The molecule has 0 radical (unpaired) electrons. The van der Waals surface area contributed by atoms with Crippen LogP contribution in [-0.4, -0.2) is 87.5 Å². The maximum atomic E-state index is 13.0. The van der Waals surface area contributed by atoms with E-state index in [1.165, 1.54) is 186 Å². The fourth-order valence-electron chi connectivity index (χ4n) is 8.76. The highest BCUT2D eigenvalue weighted by molar-refractivity contribution is 5.76. The second-order valence-electron chi connectivity index (χ2n) is 19.4. The minimum atomic E-state index is -1.57. The van der Waals surface area contributed by atoms with Gasteiger partial charge in [-0.05, 0) is 57.8 Å². The zero-order valence-corrected chi connectivity index (χ0v) is 42.3. The maximum Gasteiger partial charge on any atom is 0.220 e. The van der Waals surface area contributed by atoms with E-state index >= 15 is 0 Å². The Morgan fingerprint density at radius 1 is 0.508 bits per heavy atom. The van der Waals surface area contributed by atoms with Gasteiger partial charge < -0.3 is 40.3 Å². The molecule has 7 unspecified atom stereocenters. The molecule has 6 N–H and O–H groups in total.